The molecule has 1 atom stereocenters. The predicted molar refractivity (Wildman–Crippen MR) is 60.3 cm³/mol. The average Bonchev–Trinajstić information content (AvgIpc) is 2.22. The van der Waals surface area contributed by atoms with Crippen molar-refractivity contribution in [3.05, 3.63) is 6.92 Å². The van der Waals surface area contributed by atoms with E-state index in [4.69, 9.17) is 9.47 Å². The van der Waals surface area contributed by atoms with Crippen LogP contribution in [0.5, 0.6) is 0 Å². The van der Waals surface area contributed by atoms with Crippen LogP contribution in [0.4, 0.5) is 0 Å². The molecule has 85 valence electrons. The summed E-state index contributed by atoms with van der Waals surface area (Å²) in [6.45, 7) is 10.9. The number of rotatable bonds is 10. The first-order chi connectivity index (χ1) is 6.85. The first-order valence-electron chi connectivity index (χ1n) is 5.79. The van der Waals surface area contributed by atoms with Crippen molar-refractivity contribution in [2.24, 2.45) is 5.92 Å². The number of hydrogen-bond donors (Lipinski definition) is 0. The molecule has 0 aromatic rings. The molecule has 0 spiro atoms. The Morgan fingerprint density at radius 1 is 1.14 bits per heavy atom. The van der Waals surface area contributed by atoms with Crippen LogP contribution in [-0.4, -0.2) is 26.4 Å². The normalized spacial score (nSPS) is 13.1. The fraction of sp³-hybridized carbons (Fsp3) is 0.917. The molecule has 0 saturated heterocycles. The third kappa shape index (κ3) is 8.52. The molecule has 0 N–H and O–H groups in total. The topological polar surface area (TPSA) is 18.5 Å². The summed E-state index contributed by atoms with van der Waals surface area (Å²) in [4.78, 5) is 0. The van der Waals surface area contributed by atoms with Gasteiger partial charge in [-0.1, -0.05) is 33.1 Å². The van der Waals surface area contributed by atoms with E-state index in [1.165, 1.54) is 25.7 Å². The van der Waals surface area contributed by atoms with E-state index < -0.39 is 0 Å². The van der Waals surface area contributed by atoms with Crippen LogP contribution < -0.4 is 0 Å². The minimum Gasteiger partial charge on any atom is -0.379 e. The van der Waals surface area contributed by atoms with Crippen LogP contribution in [0.1, 0.15) is 39.5 Å². The van der Waals surface area contributed by atoms with Gasteiger partial charge in [-0.15, -0.1) is 0 Å². The van der Waals surface area contributed by atoms with Crippen molar-refractivity contribution >= 4 is 0 Å². The SMILES string of the molecule is [CH2]COCCOCC(CC)CCCC. The summed E-state index contributed by atoms with van der Waals surface area (Å²) in [5.41, 5.74) is 0. The molecule has 1 unspecified atom stereocenters. The number of unbranched alkanes of at least 4 members (excludes halogenated alkanes) is 1. The molecule has 2 nitrogen and oxygen atoms in total. The molecule has 0 fully saturated rings. The maximum Gasteiger partial charge on any atom is 0.0700 e. The summed E-state index contributed by atoms with van der Waals surface area (Å²) in [6.07, 6.45) is 5.11. The molecule has 14 heavy (non-hydrogen) atoms. The van der Waals surface area contributed by atoms with Gasteiger partial charge >= 0.3 is 0 Å². The molecule has 2 heteroatoms. The van der Waals surface area contributed by atoms with Crippen LogP contribution in [0.25, 0.3) is 0 Å². The van der Waals surface area contributed by atoms with Crippen LogP contribution in [-0.2, 0) is 9.47 Å². The van der Waals surface area contributed by atoms with E-state index in [-0.39, 0.29) is 0 Å². The van der Waals surface area contributed by atoms with Crippen molar-refractivity contribution in [2.45, 2.75) is 39.5 Å². The van der Waals surface area contributed by atoms with E-state index in [1.54, 1.807) is 0 Å². The number of hydrogen-bond acceptors (Lipinski definition) is 2. The van der Waals surface area contributed by atoms with Crippen molar-refractivity contribution in [1.82, 2.24) is 0 Å². The van der Waals surface area contributed by atoms with Crippen molar-refractivity contribution in [1.29, 1.82) is 0 Å². The predicted octanol–water partition coefficient (Wildman–Crippen LogP) is 3.07. The van der Waals surface area contributed by atoms with Gasteiger partial charge in [-0.3, -0.25) is 0 Å². The summed E-state index contributed by atoms with van der Waals surface area (Å²) in [7, 11) is 0. The van der Waals surface area contributed by atoms with Gasteiger partial charge in [0.25, 0.3) is 0 Å². The zero-order valence-electron chi connectivity index (χ0n) is 9.76. The summed E-state index contributed by atoms with van der Waals surface area (Å²) in [5.74, 6) is 0.731. The smallest absolute Gasteiger partial charge is 0.0700 e. The second kappa shape index (κ2) is 11.0. The zero-order chi connectivity index (χ0) is 10.6. The van der Waals surface area contributed by atoms with Crippen LogP contribution in [0, 0.1) is 12.8 Å². The molecule has 0 rings (SSSR count). The molecule has 0 aromatic carbocycles. The van der Waals surface area contributed by atoms with Crippen LogP contribution in [0.15, 0.2) is 0 Å². The maximum absolute atomic E-state index is 5.53. The number of ether oxygens (including phenoxy) is 2. The van der Waals surface area contributed by atoms with Gasteiger partial charge in [0.05, 0.1) is 13.2 Å². The van der Waals surface area contributed by atoms with Gasteiger partial charge in [-0.2, -0.15) is 0 Å². The van der Waals surface area contributed by atoms with E-state index in [2.05, 4.69) is 20.8 Å². The lowest BCUT2D eigenvalue weighted by atomic mass is 10.0. The lowest BCUT2D eigenvalue weighted by molar-refractivity contribution is 0.0389. The van der Waals surface area contributed by atoms with Crippen LogP contribution >= 0.6 is 0 Å². The van der Waals surface area contributed by atoms with Gasteiger partial charge < -0.3 is 9.47 Å². The van der Waals surface area contributed by atoms with Gasteiger partial charge in [-0.25, -0.2) is 0 Å². The van der Waals surface area contributed by atoms with Gasteiger partial charge in [0, 0.05) is 13.2 Å². The first-order valence-corrected chi connectivity index (χ1v) is 5.79. The third-order valence-electron chi connectivity index (χ3n) is 2.41. The Morgan fingerprint density at radius 3 is 2.43 bits per heavy atom. The second-order valence-electron chi connectivity index (χ2n) is 3.60. The Labute approximate surface area is 89.0 Å². The monoisotopic (exact) mass is 201 g/mol. The fourth-order valence-electron chi connectivity index (χ4n) is 1.37. The molecule has 0 heterocycles. The van der Waals surface area contributed by atoms with Gasteiger partial charge in [-0.05, 0) is 19.3 Å². The van der Waals surface area contributed by atoms with Crippen molar-refractivity contribution < 1.29 is 9.47 Å². The van der Waals surface area contributed by atoms with E-state index in [0.717, 1.165) is 12.5 Å². The van der Waals surface area contributed by atoms with Crippen molar-refractivity contribution in [3.8, 4) is 0 Å². The highest BCUT2D eigenvalue weighted by Crippen LogP contribution is 2.12. The second-order valence-corrected chi connectivity index (χ2v) is 3.60. The molecule has 0 bridgehead atoms. The quantitative estimate of drug-likeness (QED) is 0.506. The molecule has 0 aromatic heterocycles. The summed E-state index contributed by atoms with van der Waals surface area (Å²) in [6, 6.07) is 0. The third-order valence-corrected chi connectivity index (χ3v) is 2.41. The Bertz CT molecular complexity index is 104. The lowest BCUT2D eigenvalue weighted by Gasteiger charge is -2.14. The highest BCUT2D eigenvalue weighted by molar-refractivity contribution is 4.55. The summed E-state index contributed by atoms with van der Waals surface area (Å²) < 4.78 is 10.6. The molecule has 0 aliphatic carbocycles. The Hall–Kier alpha value is -0.0800. The fourth-order valence-corrected chi connectivity index (χ4v) is 1.37. The van der Waals surface area contributed by atoms with Crippen molar-refractivity contribution in [2.75, 3.05) is 26.4 Å². The molecule has 0 aliphatic rings. The Kier molecular flexibility index (Phi) is 10.9. The highest BCUT2D eigenvalue weighted by atomic mass is 16.5. The molecule has 0 aliphatic heterocycles. The summed E-state index contributed by atoms with van der Waals surface area (Å²) in [5, 5.41) is 0. The van der Waals surface area contributed by atoms with E-state index in [0.29, 0.717) is 19.8 Å². The molecule has 0 amide bonds. The molecule has 0 saturated carbocycles. The molecular formula is C12H25O2. The zero-order valence-corrected chi connectivity index (χ0v) is 9.76. The Balaban J connectivity index is 3.24. The van der Waals surface area contributed by atoms with Crippen LogP contribution in [0.3, 0.4) is 0 Å². The minimum atomic E-state index is 0.538. The lowest BCUT2D eigenvalue weighted by Crippen LogP contribution is -2.12. The highest BCUT2D eigenvalue weighted by Gasteiger charge is 2.05. The van der Waals surface area contributed by atoms with Crippen molar-refractivity contribution in [3.63, 3.8) is 0 Å². The minimum absolute atomic E-state index is 0.538. The van der Waals surface area contributed by atoms with Gasteiger partial charge in [0.15, 0.2) is 0 Å². The first kappa shape index (κ1) is 13.9. The summed E-state index contributed by atoms with van der Waals surface area (Å²) >= 11 is 0. The maximum atomic E-state index is 5.53. The standard InChI is InChI=1S/C12H25O2/c1-4-7-8-12(5-2)11-14-10-9-13-6-3/h12H,3-11H2,1-2H3. The molecular weight excluding hydrogens is 176 g/mol. The largest absolute Gasteiger partial charge is 0.379 e. The molecule has 1 radical (unpaired) electrons. The Morgan fingerprint density at radius 2 is 1.86 bits per heavy atom. The van der Waals surface area contributed by atoms with Gasteiger partial charge in [0.2, 0.25) is 0 Å². The van der Waals surface area contributed by atoms with Gasteiger partial charge in [0.1, 0.15) is 0 Å². The van der Waals surface area contributed by atoms with E-state index in [9.17, 15) is 0 Å². The average molecular weight is 201 g/mol. The van der Waals surface area contributed by atoms with Crippen LogP contribution in [0.2, 0.25) is 0 Å². The van der Waals surface area contributed by atoms with E-state index in [1.807, 2.05) is 0 Å². The van der Waals surface area contributed by atoms with E-state index >= 15 is 0 Å².